The van der Waals surface area contributed by atoms with Crippen molar-refractivity contribution in [1.29, 1.82) is 0 Å². The van der Waals surface area contributed by atoms with Crippen LogP contribution >= 0.6 is 23.2 Å². The number of nitrogens with two attached hydrogens (primary N) is 1. The first-order valence-electron chi connectivity index (χ1n) is 6.34. The highest BCUT2D eigenvalue weighted by Crippen LogP contribution is 2.28. The Kier molecular flexibility index (Phi) is 4.92. The molecule has 1 unspecified atom stereocenters. The first-order valence-corrected chi connectivity index (χ1v) is 7.10. The first kappa shape index (κ1) is 15.2. The molecule has 0 spiro atoms. The Morgan fingerprint density at radius 1 is 1.10 bits per heavy atom. The summed E-state index contributed by atoms with van der Waals surface area (Å²) >= 11 is 12.0. The van der Waals surface area contributed by atoms with Crippen LogP contribution in [0.4, 0.5) is 0 Å². The Labute approximate surface area is 129 Å². The maximum Gasteiger partial charge on any atom is 0.122 e. The van der Waals surface area contributed by atoms with Crippen molar-refractivity contribution < 1.29 is 4.74 Å². The first-order chi connectivity index (χ1) is 9.49. The van der Waals surface area contributed by atoms with Crippen molar-refractivity contribution in [3.63, 3.8) is 0 Å². The van der Waals surface area contributed by atoms with Crippen LogP contribution < -0.4 is 10.5 Å². The normalized spacial score (nSPS) is 12.2. The third kappa shape index (κ3) is 3.66. The van der Waals surface area contributed by atoms with Gasteiger partial charge in [0.2, 0.25) is 0 Å². The number of halogens is 2. The second-order valence-electron chi connectivity index (χ2n) is 4.83. The summed E-state index contributed by atoms with van der Waals surface area (Å²) in [6, 6.07) is 11.3. The van der Waals surface area contributed by atoms with Gasteiger partial charge in [-0.3, -0.25) is 0 Å². The van der Waals surface area contributed by atoms with Gasteiger partial charge in [-0.25, -0.2) is 0 Å². The van der Waals surface area contributed by atoms with Crippen molar-refractivity contribution in [2.45, 2.75) is 19.4 Å². The van der Waals surface area contributed by atoms with Crippen LogP contribution in [0.2, 0.25) is 10.0 Å². The zero-order valence-corrected chi connectivity index (χ0v) is 13.0. The molecule has 0 saturated carbocycles. The van der Waals surface area contributed by atoms with E-state index in [1.807, 2.05) is 31.2 Å². The molecule has 2 rings (SSSR count). The molecule has 0 aromatic heterocycles. The predicted molar refractivity (Wildman–Crippen MR) is 84.8 cm³/mol. The second-order valence-corrected chi connectivity index (χ2v) is 5.70. The molecule has 2 aromatic rings. The summed E-state index contributed by atoms with van der Waals surface area (Å²) in [6.45, 7) is 2.05. The van der Waals surface area contributed by atoms with Crippen molar-refractivity contribution in [3.05, 3.63) is 63.1 Å². The summed E-state index contributed by atoms with van der Waals surface area (Å²) in [5, 5.41) is 1.19. The van der Waals surface area contributed by atoms with Gasteiger partial charge in [0, 0.05) is 16.1 Å². The summed E-state index contributed by atoms with van der Waals surface area (Å²) in [6.07, 6.45) is 0.668. The number of aryl methyl sites for hydroxylation is 1. The van der Waals surface area contributed by atoms with E-state index in [-0.39, 0.29) is 6.04 Å². The second kappa shape index (κ2) is 6.49. The summed E-state index contributed by atoms with van der Waals surface area (Å²) in [5.41, 5.74) is 9.45. The number of hydrogen-bond donors (Lipinski definition) is 1. The molecular formula is C16H17Cl2NO. The molecule has 0 amide bonds. The number of benzene rings is 2. The molecule has 0 aliphatic rings. The Morgan fingerprint density at radius 3 is 2.35 bits per heavy atom. The fraction of sp³-hybridized carbons (Fsp3) is 0.250. The average molecular weight is 310 g/mol. The summed E-state index contributed by atoms with van der Waals surface area (Å²) in [5.74, 6) is 0.846. The SMILES string of the molecule is COc1ccc(C)cc1CC(N)c1cc(Cl)cc(Cl)c1. The molecule has 1 atom stereocenters. The van der Waals surface area contributed by atoms with Crippen LogP contribution in [0.25, 0.3) is 0 Å². The largest absolute Gasteiger partial charge is 0.496 e. The minimum atomic E-state index is -0.179. The molecule has 0 aliphatic heterocycles. The molecule has 0 radical (unpaired) electrons. The minimum Gasteiger partial charge on any atom is -0.496 e. The third-order valence-electron chi connectivity index (χ3n) is 3.19. The van der Waals surface area contributed by atoms with Gasteiger partial charge in [0.15, 0.2) is 0 Å². The van der Waals surface area contributed by atoms with Crippen molar-refractivity contribution in [2.75, 3.05) is 7.11 Å². The lowest BCUT2D eigenvalue weighted by Gasteiger charge is -2.16. The lowest BCUT2D eigenvalue weighted by molar-refractivity contribution is 0.408. The zero-order valence-electron chi connectivity index (χ0n) is 11.5. The van der Waals surface area contributed by atoms with E-state index in [4.69, 9.17) is 33.7 Å². The van der Waals surface area contributed by atoms with Gasteiger partial charge in [-0.2, -0.15) is 0 Å². The van der Waals surface area contributed by atoms with Crippen LogP contribution in [0.1, 0.15) is 22.7 Å². The van der Waals surface area contributed by atoms with Crippen molar-refractivity contribution in [2.24, 2.45) is 5.73 Å². The highest BCUT2D eigenvalue weighted by Gasteiger charge is 2.12. The molecular weight excluding hydrogens is 293 g/mol. The minimum absolute atomic E-state index is 0.179. The van der Waals surface area contributed by atoms with E-state index in [9.17, 15) is 0 Å². The molecule has 2 aromatic carbocycles. The van der Waals surface area contributed by atoms with Crippen LogP contribution in [0.5, 0.6) is 5.75 Å². The van der Waals surface area contributed by atoms with Crippen LogP contribution in [0.15, 0.2) is 36.4 Å². The van der Waals surface area contributed by atoms with Gasteiger partial charge in [-0.05, 0) is 48.7 Å². The summed E-state index contributed by atoms with van der Waals surface area (Å²) in [7, 11) is 1.66. The van der Waals surface area contributed by atoms with E-state index >= 15 is 0 Å². The fourth-order valence-electron chi connectivity index (χ4n) is 2.21. The Bertz CT molecular complexity index is 593. The highest BCUT2D eigenvalue weighted by molar-refractivity contribution is 6.34. The number of rotatable bonds is 4. The molecule has 0 aliphatic carbocycles. The van der Waals surface area contributed by atoms with Crippen molar-refractivity contribution in [1.82, 2.24) is 0 Å². The molecule has 0 fully saturated rings. The van der Waals surface area contributed by atoms with Crippen LogP contribution in [-0.4, -0.2) is 7.11 Å². The van der Waals surface area contributed by atoms with Crippen LogP contribution in [-0.2, 0) is 6.42 Å². The molecule has 106 valence electrons. The fourth-order valence-corrected chi connectivity index (χ4v) is 2.75. The van der Waals surface area contributed by atoms with E-state index in [1.54, 1.807) is 13.2 Å². The molecule has 2 N–H and O–H groups in total. The summed E-state index contributed by atoms with van der Waals surface area (Å²) < 4.78 is 5.38. The highest BCUT2D eigenvalue weighted by atomic mass is 35.5. The molecule has 4 heteroatoms. The van der Waals surface area contributed by atoms with Gasteiger partial charge >= 0.3 is 0 Å². The quantitative estimate of drug-likeness (QED) is 0.899. The monoisotopic (exact) mass is 309 g/mol. The van der Waals surface area contributed by atoms with Gasteiger partial charge in [0.05, 0.1) is 7.11 Å². The van der Waals surface area contributed by atoms with E-state index in [0.29, 0.717) is 16.5 Å². The number of hydrogen-bond acceptors (Lipinski definition) is 2. The maximum absolute atomic E-state index is 6.27. The molecule has 20 heavy (non-hydrogen) atoms. The van der Waals surface area contributed by atoms with Crippen LogP contribution in [0.3, 0.4) is 0 Å². The van der Waals surface area contributed by atoms with Gasteiger partial charge in [-0.1, -0.05) is 40.9 Å². The third-order valence-corrected chi connectivity index (χ3v) is 3.63. The number of ether oxygens (including phenoxy) is 1. The van der Waals surface area contributed by atoms with Gasteiger partial charge in [0.25, 0.3) is 0 Å². The molecule has 2 nitrogen and oxygen atoms in total. The smallest absolute Gasteiger partial charge is 0.122 e. The topological polar surface area (TPSA) is 35.2 Å². The maximum atomic E-state index is 6.27. The van der Waals surface area contributed by atoms with Crippen molar-refractivity contribution >= 4 is 23.2 Å². The number of methoxy groups -OCH3 is 1. The van der Waals surface area contributed by atoms with Gasteiger partial charge in [0.1, 0.15) is 5.75 Å². The molecule has 0 heterocycles. The van der Waals surface area contributed by atoms with E-state index < -0.39 is 0 Å². The van der Waals surface area contributed by atoms with Gasteiger partial charge < -0.3 is 10.5 Å². The van der Waals surface area contributed by atoms with Gasteiger partial charge in [-0.15, -0.1) is 0 Å². The standard InChI is InChI=1S/C16H17Cl2NO/c1-10-3-4-16(20-2)12(5-10)8-15(19)11-6-13(17)9-14(18)7-11/h3-7,9,15H,8,19H2,1-2H3. The molecule has 0 saturated heterocycles. The Balaban J connectivity index is 2.27. The zero-order chi connectivity index (χ0) is 14.7. The Hall–Kier alpha value is -1.22. The summed E-state index contributed by atoms with van der Waals surface area (Å²) in [4.78, 5) is 0. The predicted octanol–water partition coefficient (Wildman–Crippen LogP) is 4.55. The Morgan fingerprint density at radius 2 is 1.75 bits per heavy atom. The van der Waals surface area contributed by atoms with E-state index in [1.165, 1.54) is 5.56 Å². The van der Waals surface area contributed by atoms with E-state index in [0.717, 1.165) is 16.9 Å². The van der Waals surface area contributed by atoms with Crippen LogP contribution in [0, 0.1) is 6.92 Å². The lowest BCUT2D eigenvalue weighted by atomic mass is 9.98. The van der Waals surface area contributed by atoms with E-state index in [2.05, 4.69) is 6.07 Å². The lowest BCUT2D eigenvalue weighted by Crippen LogP contribution is -2.14. The van der Waals surface area contributed by atoms with Crippen molar-refractivity contribution in [3.8, 4) is 5.75 Å². The molecule has 0 bridgehead atoms. The average Bonchev–Trinajstić information content (AvgIpc) is 2.37.